The van der Waals surface area contributed by atoms with Gasteiger partial charge in [-0.2, -0.15) is 0 Å². The first kappa shape index (κ1) is 9.34. The van der Waals surface area contributed by atoms with Crippen molar-refractivity contribution in [2.24, 2.45) is 0 Å². The van der Waals surface area contributed by atoms with Crippen LogP contribution >= 0.6 is 0 Å². The maximum Gasteiger partial charge on any atom is 0.0708 e. The number of pyridine rings is 1. The number of hydrogen-bond acceptors (Lipinski definition) is 1. The van der Waals surface area contributed by atoms with Gasteiger partial charge >= 0.3 is 0 Å². The molecule has 1 heteroatoms. The van der Waals surface area contributed by atoms with Crippen molar-refractivity contribution in [2.45, 2.75) is 13.8 Å². The Labute approximate surface area is 94.7 Å². The van der Waals surface area contributed by atoms with Crippen LogP contribution in [-0.2, 0) is 0 Å². The van der Waals surface area contributed by atoms with Crippen molar-refractivity contribution in [1.82, 2.24) is 4.98 Å². The van der Waals surface area contributed by atoms with E-state index in [-0.39, 0.29) is 0 Å². The van der Waals surface area contributed by atoms with Crippen molar-refractivity contribution in [3.05, 3.63) is 53.7 Å². The molecule has 0 unspecified atom stereocenters. The van der Waals surface area contributed by atoms with Crippen LogP contribution in [0.3, 0.4) is 0 Å². The summed E-state index contributed by atoms with van der Waals surface area (Å²) in [6.07, 6.45) is 1.84. The van der Waals surface area contributed by atoms with E-state index in [0.717, 1.165) is 5.52 Å². The van der Waals surface area contributed by atoms with Crippen LogP contribution in [0.5, 0.6) is 0 Å². The van der Waals surface area contributed by atoms with Gasteiger partial charge in [0, 0.05) is 11.6 Å². The highest BCUT2D eigenvalue weighted by Crippen LogP contribution is 2.25. The highest BCUT2D eigenvalue weighted by molar-refractivity contribution is 5.98. The van der Waals surface area contributed by atoms with E-state index >= 15 is 0 Å². The van der Waals surface area contributed by atoms with Gasteiger partial charge < -0.3 is 0 Å². The molecule has 0 bridgehead atoms. The van der Waals surface area contributed by atoms with Gasteiger partial charge in [-0.15, -0.1) is 0 Å². The van der Waals surface area contributed by atoms with Gasteiger partial charge in [0.25, 0.3) is 0 Å². The van der Waals surface area contributed by atoms with Crippen molar-refractivity contribution < 1.29 is 0 Å². The monoisotopic (exact) mass is 207 g/mol. The van der Waals surface area contributed by atoms with E-state index in [2.05, 4.69) is 49.2 Å². The molecular weight excluding hydrogens is 194 g/mol. The van der Waals surface area contributed by atoms with Gasteiger partial charge in [0.05, 0.1) is 5.52 Å². The van der Waals surface area contributed by atoms with Gasteiger partial charge in [-0.05, 0) is 48.4 Å². The molecule has 3 rings (SSSR count). The second-order valence-electron chi connectivity index (χ2n) is 4.35. The van der Waals surface area contributed by atoms with Crippen molar-refractivity contribution in [1.29, 1.82) is 0 Å². The highest BCUT2D eigenvalue weighted by Gasteiger charge is 2.01. The lowest BCUT2D eigenvalue weighted by Crippen LogP contribution is -1.84. The Morgan fingerprint density at radius 3 is 2.69 bits per heavy atom. The first-order chi connectivity index (χ1) is 7.74. The van der Waals surface area contributed by atoms with E-state index in [1.807, 2.05) is 12.3 Å². The molecular formula is C15H13N. The Hall–Kier alpha value is -1.89. The molecule has 0 saturated heterocycles. The van der Waals surface area contributed by atoms with E-state index in [1.54, 1.807) is 0 Å². The summed E-state index contributed by atoms with van der Waals surface area (Å²) in [5, 5.41) is 3.81. The quantitative estimate of drug-likeness (QED) is 0.508. The van der Waals surface area contributed by atoms with Crippen LogP contribution in [0.25, 0.3) is 21.7 Å². The Morgan fingerprint density at radius 1 is 0.938 bits per heavy atom. The topological polar surface area (TPSA) is 12.9 Å². The first-order valence-electron chi connectivity index (χ1n) is 5.50. The molecule has 0 aliphatic rings. The third-order valence-corrected chi connectivity index (χ3v) is 3.03. The summed E-state index contributed by atoms with van der Waals surface area (Å²) in [6.45, 7) is 4.30. The lowest BCUT2D eigenvalue weighted by atomic mass is 10.0. The molecule has 0 spiro atoms. The van der Waals surface area contributed by atoms with Crippen LogP contribution in [-0.4, -0.2) is 4.98 Å². The van der Waals surface area contributed by atoms with E-state index in [0.29, 0.717) is 0 Å². The van der Waals surface area contributed by atoms with Crippen LogP contribution in [0.15, 0.2) is 42.6 Å². The standard InChI is InChI=1S/C15H13N/c1-10-6-11(2)14-9-15-12(4-3-5-16-15)8-13(14)7-10/h3-9H,1-2H3. The third kappa shape index (κ3) is 1.36. The molecule has 0 aliphatic heterocycles. The minimum atomic E-state index is 1.07. The van der Waals surface area contributed by atoms with Gasteiger partial charge in [0.2, 0.25) is 0 Å². The number of rotatable bonds is 0. The molecule has 0 radical (unpaired) electrons. The fourth-order valence-corrected chi connectivity index (χ4v) is 2.31. The summed E-state index contributed by atoms with van der Waals surface area (Å²) < 4.78 is 0. The Balaban J connectivity index is 2.51. The molecule has 0 saturated carbocycles. The summed E-state index contributed by atoms with van der Waals surface area (Å²) in [5.41, 5.74) is 3.71. The molecule has 0 aliphatic carbocycles. The second kappa shape index (κ2) is 3.31. The van der Waals surface area contributed by atoms with Gasteiger partial charge in [-0.25, -0.2) is 0 Å². The van der Waals surface area contributed by atoms with Gasteiger partial charge in [-0.3, -0.25) is 4.98 Å². The second-order valence-corrected chi connectivity index (χ2v) is 4.35. The van der Waals surface area contributed by atoms with E-state index in [9.17, 15) is 0 Å². The number of hydrogen-bond donors (Lipinski definition) is 0. The zero-order chi connectivity index (χ0) is 11.1. The normalized spacial score (nSPS) is 11.1. The maximum atomic E-state index is 4.39. The van der Waals surface area contributed by atoms with Gasteiger partial charge in [-0.1, -0.05) is 23.8 Å². The third-order valence-electron chi connectivity index (χ3n) is 3.03. The number of nitrogens with zero attached hydrogens (tertiary/aromatic N) is 1. The Kier molecular flexibility index (Phi) is 1.93. The molecule has 0 amide bonds. The molecule has 1 nitrogen and oxygen atoms in total. The van der Waals surface area contributed by atoms with Gasteiger partial charge in [0.15, 0.2) is 0 Å². The van der Waals surface area contributed by atoms with Crippen LogP contribution in [0.4, 0.5) is 0 Å². The smallest absolute Gasteiger partial charge is 0.0708 e. The largest absolute Gasteiger partial charge is 0.256 e. The minimum Gasteiger partial charge on any atom is -0.256 e. The zero-order valence-corrected chi connectivity index (χ0v) is 9.49. The lowest BCUT2D eigenvalue weighted by Gasteiger charge is -2.06. The van der Waals surface area contributed by atoms with E-state index in [4.69, 9.17) is 0 Å². The molecule has 16 heavy (non-hydrogen) atoms. The van der Waals surface area contributed by atoms with Crippen LogP contribution < -0.4 is 0 Å². The Bertz CT molecular complexity index is 683. The maximum absolute atomic E-state index is 4.39. The van der Waals surface area contributed by atoms with Crippen LogP contribution in [0.1, 0.15) is 11.1 Å². The number of benzene rings is 2. The zero-order valence-electron chi connectivity index (χ0n) is 9.49. The molecule has 1 heterocycles. The lowest BCUT2D eigenvalue weighted by molar-refractivity contribution is 1.40. The van der Waals surface area contributed by atoms with Crippen molar-refractivity contribution in [2.75, 3.05) is 0 Å². The number of aryl methyl sites for hydroxylation is 2. The molecule has 78 valence electrons. The highest BCUT2D eigenvalue weighted by atomic mass is 14.6. The molecule has 1 aromatic heterocycles. The molecule has 0 N–H and O–H groups in total. The van der Waals surface area contributed by atoms with Crippen LogP contribution in [0, 0.1) is 13.8 Å². The predicted molar refractivity (Wildman–Crippen MR) is 68.7 cm³/mol. The predicted octanol–water partition coefficient (Wildman–Crippen LogP) is 4.00. The SMILES string of the molecule is Cc1cc(C)c2cc3ncccc3cc2c1. The van der Waals surface area contributed by atoms with Gasteiger partial charge in [0.1, 0.15) is 0 Å². The van der Waals surface area contributed by atoms with Crippen molar-refractivity contribution >= 4 is 21.7 Å². The van der Waals surface area contributed by atoms with Crippen molar-refractivity contribution in [3.8, 4) is 0 Å². The van der Waals surface area contributed by atoms with Crippen LogP contribution in [0.2, 0.25) is 0 Å². The fraction of sp³-hybridized carbons (Fsp3) is 0.133. The number of aromatic nitrogens is 1. The Morgan fingerprint density at radius 2 is 1.81 bits per heavy atom. The summed E-state index contributed by atoms with van der Waals surface area (Å²) in [7, 11) is 0. The van der Waals surface area contributed by atoms with E-state index < -0.39 is 0 Å². The summed E-state index contributed by atoms with van der Waals surface area (Å²) in [4.78, 5) is 4.39. The summed E-state index contributed by atoms with van der Waals surface area (Å²) in [5.74, 6) is 0. The average molecular weight is 207 g/mol. The molecule has 0 atom stereocenters. The first-order valence-corrected chi connectivity index (χ1v) is 5.50. The van der Waals surface area contributed by atoms with E-state index in [1.165, 1.54) is 27.3 Å². The fourth-order valence-electron chi connectivity index (χ4n) is 2.31. The number of fused-ring (bicyclic) bond motifs is 2. The van der Waals surface area contributed by atoms with Crippen molar-refractivity contribution in [3.63, 3.8) is 0 Å². The molecule has 2 aromatic carbocycles. The summed E-state index contributed by atoms with van der Waals surface area (Å²) in [6, 6.07) is 12.9. The summed E-state index contributed by atoms with van der Waals surface area (Å²) >= 11 is 0. The molecule has 0 fully saturated rings. The molecule has 3 aromatic rings. The average Bonchev–Trinajstić information content (AvgIpc) is 2.27. The minimum absolute atomic E-state index is 1.07.